The lowest BCUT2D eigenvalue weighted by Gasteiger charge is -2.17. The highest BCUT2D eigenvalue weighted by Gasteiger charge is 2.34. The fourth-order valence-electron chi connectivity index (χ4n) is 4.07. The number of aryl methyl sites for hydroxylation is 1. The van der Waals surface area contributed by atoms with Crippen LogP contribution in [0.3, 0.4) is 0 Å². The van der Waals surface area contributed by atoms with Gasteiger partial charge in [0.2, 0.25) is 0 Å². The molecule has 1 saturated heterocycles. The Morgan fingerprint density at radius 1 is 1.30 bits per heavy atom. The highest BCUT2D eigenvalue weighted by Crippen LogP contribution is 2.32. The Morgan fingerprint density at radius 3 is 2.77 bits per heavy atom. The van der Waals surface area contributed by atoms with Crippen LogP contribution in [-0.4, -0.2) is 53.2 Å². The van der Waals surface area contributed by atoms with Gasteiger partial charge in [-0.3, -0.25) is 14.8 Å². The summed E-state index contributed by atoms with van der Waals surface area (Å²) in [5, 5.41) is 7.62. The van der Waals surface area contributed by atoms with Crippen molar-refractivity contribution in [3.63, 3.8) is 0 Å². The number of hydrogen-bond donors (Lipinski definition) is 1. The molecule has 2 aliphatic rings. The van der Waals surface area contributed by atoms with Gasteiger partial charge in [0.05, 0.1) is 29.8 Å². The van der Waals surface area contributed by atoms with Gasteiger partial charge in [-0.15, -0.1) is 0 Å². The van der Waals surface area contributed by atoms with E-state index in [1.807, 2.05) is 0 Å². The smallest absolute Gasteiger partial charge is 0.350 e. The highest BCUT2D eigenvalue weighted by molar-refractivity contribution is 7.91. The number of amides is 1. The topological polar surface area (TPSA) is 120 Å². The predicted molar refractivity (Wildman–Crippen MR) is 112 cm³/mol. The van der Waals surface area contributed by atoms with Crippen LogP contribution < -0.4 is 5.32 Å². The van der Waals surface area contributed by atoms with Gasteiger partial charge in [0.15, 0.2) is 20.7 Å². The minimum absolute atomic E-state index is 0.0662. The van der Waals surface area contributed by atoms with Gasteiger partial charge in [0, 0.05) is 11.3 Å². The van der Waals surface area contributed by atoms with Crippen molar-refractivity contribution in [1.29, 1.82) is 0 Å². The van der Waals surface area contributed by atoms with E-state index in [1.165, 1.54) is 0 Å². The Balaban J connectivity index is 1.60. The van der Waals surface area contributed by atoms with Gasteiger partial charge in [-0.05, 0) is 46.0 Å². The summed E-state index contributed by atoms with van der Waals surface area (Å²) in [7, 11) is -3.06. The van der Waals surface area contributed by atoms with Crippen molar-refractivity contribution >= 4 is 38.2 Å². The van der Waals surface area contributed by atoms with Crippen molar-refractivity contribution in [2.24, 2.45) is 0 Å². The third kappa shape index (κ3) is 4.00. The average Bonchev–Trinajstić information content (AvgIpc) is 3.36. The molecule has 1 aliphatic heterocycles. The molecule has 4 rings (SSSR count). The second-order valence-electron chi connectivity index (χ2n) is 7.59. The van der Waals surface area contributed by atoms with E-state index in [9.17, 15) is 18.0 Å². The standard InChI is InChI=1S/C19H24N4O5S2/c1-3-28-18(25)16-11(2)20-19(29-16)21-17(24)15-13-6-4-5-7-14(13)23(22-15)12-8-9-30(26,27)10-12/h12H,3-10H2,1-2H3,(H,20,21,24). The molecule has 3 heterocycles. The summed E-state index contributed by atoms with van der Waals surface area (Å²) in [6.45, 7) is 3.68. The molecule has 0 spiro atoms. The third-order valence-corrected chi connectivity index (χ3v) is 8.26. The first kappa shape index (κ1) is 21.0. The summed E-state index contributed by atoms with van der Waals surface area (Å²) in [5.41, 5.74) is 2.68. The van der Waals surface area contributed by atoms with Gasteiger partial charge in [-0.2, -0.15) is 5.10 Å². The van der Waals surface area contributed by atoms with Crippen LogP contribution in [0.2, 0.25) is 0 Å². The number of ether oxygens (including phenoxy) is 1. The zero-order valence-electron chi connectivity index (χ0n) is 16.9. The minimum Gasteiger partial charge on any atom is -0.462 e. The summed E-state index contributed by atoms with van der Waals surface area (Å²) < 4.78 is 30.7. The number of carbonyl (C=O) groups excluding carboxylic acids is 2. The zero-order valence-corrected chi connectivity index (χ0v) is 18.6. The van der Waals surface area contributed by atoms with Gasteiger partial charge in [-0.25, -0.2) is 18.2 Å². The lowest BCUT2D eigenvalue weighted by atomic mass is 9.95. The number of aromatic nitrogens is 3. The van der Waals surface area contributed by atoms with Crippen LogP contribution >= 0.6 is 11.3 Å². The highest BCUT2D eigenvalue weighted by atomic mass is 32.2. The first-order valence-electron chi connectivity index (χ1n) is 10.1. The SMILES string of the molecule is CCOC(=O)c1sc(NC(=O)c2nn(C3CCS(=O)(=O)C3)c3c2CCCC3)nc1C. The van der Waals surface area contributed by atoms with Gasteiger partial charge in [0.1, 0.15) is 4.88 Å². The van der Waals surface area contributed by atoms with E-state index in [2.05, 4.69) is 15.4 Å². The van der Waals surface area contributed by atoms with Crippen molar-refractivity contribution < 1.29 is 22.7 Å². The monoisotopic (exact) mass is 452 g/mol. The molecule has 1 unspecified atom stereocenters. The number of hydrogen-bond acceptors (Lipinski definition) is 8. The molecule has 0 bridgehead atoms. The van der Waals surface area contributed by atoms with E-state index in [4.69, 9.17) is 4.74 Å². The summed E-state index contributed by atoms with van der Waals surface area (Å²) in [4.78, 5) is 29.6. The van der Waals surface area contributed by atoms with Crippen LogP contribution in [0.5, 0.6) is 0 Å². The summed E-state index contributed by atoms with van der Waals surface area (Å²) in [5.74, 6) is -0.631. The Bertz CT molecular complexity index is 1100. The van der Waals surface area contributed by atoms with Crippen LogP contribution in [0.1, 0.15) is 69.3 Å². The number of nitrogens with zero attached hydrogens (tertiary/aromatic N) is 3. The van der Waals surface area contributed by atoms with E-state index in [0.29, 0.717) is 27.8 Å². The number of rotatable bonds is 5. The number of thiazole rings is 1. The molecule has 1 aliphatic carbocycles. The van der Waals surface area contributed by atoms with E-state index >= 15 is 0 Å². The minimum atomic E-state index is -3.06. The Labute approximate surface area is 178 Å². The molecule has 2 aromatic heterocycles. The fourth-order valence-corrected chi connectivity index (χ4v) is 6.62. The second-order valence-corrected chi connectivity index (χ2v) is 10.8. The molecular weight excluding hydrogens is 428 g/mol. The Morgan fingerprint density at radius 2 is 2.07 bits per heavy atom. The van der Waals surface area contributed by atoms with E-state index in [1.54, 1.807) is 18.5 Å². The maximum Gasteiger partial charge on any atom is 0.350 e. The number of nitrogens with one attached hydrogen (secondary N) is 1. The quantitative estimate of drug-likeness (QED) is 0.691. The van der Waals surface area contributed by atoms with Gasteiger partial charge in [-0.1, -0.05) is 11.3 Å². The maximum absolute atomic E-state index is 13.0. The lowest BCUT2D eigenvalue weighted by Crippen LogP contribution is -2.17. The second kappa shape index (κ2) is 8.10. The number of sulfone groups is 1. The largest absolute Gasteiger partial charge is 0.462 e. The Kier molecular flexibility index (Phi) is 5.67. The lowest BCUT2D eigenvalue weighted by molar-refractivity contribution is 0.0531. The fraction of sp³-hybridized carbons (Fsp3) is 0.579. The maximum atomic E-state index is 13.0. The molecule has 1 atom stereocenters. The Hall–Kier alpha value is -2.27. The normalized spacial score (nSPS) is 20.0. The van der Waals surface area contributed by atoms with Crippen LogP contribution in [0.25, 0.3) is 0 Å². The average molecular weight is 453 g/mol. The molecule has 1 N–H and O–H groups in total. The summed E-state index contributed by atoms with van der Waals surface area (Å²) >= 11 is 1.07. The molecule has 0 saturated carbocycles. The predicted octanol–water partition coefficient (Wildman–Crippen LogP) is 2.32. The van der Waals surface area contributed by atoms with Crippen LogP contribution in [0, 0.1) is 6.92 Å². The van der Waals surface area contributed by atoms with Crippen molar-refractivity contribution in [2.45, 2.75) is 52.0 Å². The molecule has 1 amide bonds. The first-order valence-corrected chi connectivity index (χ1v) is 12.7. The van der Waals surface area contributed by atoms with Crippen LogP contribution in [-0.2, 0) is 27.4 Å². The van der Waals surface area contributed by atoms with E-state index in [0.717, 1.165) is 48.3 Å². The molecular formula is C19H24N4O5S2. The van der Waals surface area contributed by atoms with Gasteiger partial charge >= 0.3 is 5.97 Å². The van der Waals surface area contributed by atoms with Crippen molar-refractivity contribution in [1.82, 2.24) is 14.8 Å². The van der Waals surface area contributed by atoms with E-state index < -0.39 is 21.7 Å². The molecule has 2 aromatic rings. The molecule has 9 nitrogen and oxygen atoms in total. The number of esters is 1. The number of anilines is 1. The van der Waals surface area contributed by atoms with Crippen molar-refractivity contribution in [3.05, 3.63) is 27.5 Å². The van der Waals surface area contributed by atoms with Gasteiger partial charge < -0.3 is 4.74 Å². The van der Waals surface area contributed by atoms with Crippen molar-refractivity contribution in [3.8, 4) is 0 Å². The molecule has 0 aromatic carbocycles. The zero-order chi connectivity index (χ0) is 21.5. The molecule has 30 heavy (non-hydrogen) atoms. The molecule has 162 valence electrons. The third-order valence-electron chi connectivity index (χ3n) is 5.46. The molecule has 0 radical (unpaired) electrons. The van der Waals surface area contributed by atoms with Crippen LogP contribution in [0.15, 0.2) is 0 Å². The molecule has 1 fully saturated rings. The van der Waals surface area contributed by atoms with Crippen LogP contribution in [0.4, 0.5) is 5.13 Å². The van der Waals surface area contributed by atoms with Crippen molar-refractivity contribution in [2.75, 3.05) is 23.4 Å². The first-order chi connectivity index (χ1) is 14.3. The summed E-state index contributed by atoms with van der Waals surface area (Å²) in [6.07, 6.45) is 4.00. The molecule has 11 heteroatoms. The van der Waals surface area contributed by atoms with E-state index in [-0.39, 0.29) is 24.2 Å². The number of fused-ring (bicyclic) bond motifs is 1. The van der Waals surface area contributed by atoms with Gasteiger partial charge in [0.25, 0.3) is 5.91 Å². The number of carbonyl (C=O) groups is 2. The summed E-state index contributed by atoms with van der Waals surface area (Å²) in [6, 6.07) is -0.221.